The molecule has 0 aliphatic carbocycles. The van der Waals surface area contributed by atoms with Crippen LogP contribution in [0.15, 0.2) is 48.5 Å². The number of aryl methyl sites for hydroxylation is 1. The predicted octanol–water partition coefficient (Wildman–Crippen LogP) is 3.42. The summed E-state index contributed by atoms with van der Waals surface area (Å²) in [6.07, 6.45) is 0. The van der Waals surface area contributed by atoms with Crippen molar-refractivity contribution in [3.8, 4) is 0 Å². The number of rotatable bonds is 5. The van der Waals surface area contributed by atoms with E-state index in [9.17, 15) is 9.59 Å². The van der Waals surface area contributed by atoms with Crippen LogP contribution in [-0.4, -0.2) is 30.4 Å². The van der Waals surface area contributed by atoms with Gasteiger partial charge in [0.1, 0.15) is 0 Å². The Morgan fingerprint density at radius 2 is 1.74 bits per heavy atom. The van der Waals surface area contributed by atoms with Gasteiger partial charge in [0.05, 0.1) is 5.56 Å². The molecule has 2 aromatic rings. The predicted molar refractivity (Wildman–Crippen MR) is 97.1 cm³/mol. The highest BCUT2D eigenvalue weighted by molar-refractivity contribution is 14.1. The zero-order valence-electron chi connectivity index (χ0n) is 13.1. The van der Waals surface area contributed by atoms with Gasteiger partial charge in [-0.3, -0.25) is 4.79 Å². The summed E-state index contributed by atoms with van der Waals surface area (Å²) in [7, 11) is 1.70. The highest BCUT2D eigenvalue weighted by atomic mass is 127. The second-order valence-electron chi connectivity index (χ2n) is 5.23. The van der Waals surface area contributed by atoms with Crippen molar-refractivity contribution in [2.24, 2.45) is 0 Å². The number of likely N-dealkylation sites (N-methyl/N-ethyl adjacent to an activating group) is 1. The summed E-state index contributed by atoms with van der Waals surface area (Å²) in [5.74, 6) is -0.708. The van der Waals surface area contributed by atoms with Gasteiger partial charge in [-0.25, -0.2) is 4.79 Å². The summed E-state index contributed by atoms with van der Waals surface area (Å²) < 4.78 is 5.93. The smallest absolute Gasteiger partial charge is 0.339 e. The maximum atomic E-state index is 12.1. The lowest BCUT2D eigenvalue weighted by atomic mass is 10.1. The van der Waals surface area contributed by atoms with Gasteiger partial charge >= 0.3 is 5.97 Å². The first-order chi connectivity index (χ1) is 11.0. The molecule has 0 aliphatic heterocycles. The van der Waals surface area contributed by atoms with Crippen LogP contribution in [0, 0.1) is 10.5 Å². The van der Waals surface area contributed by atoms with Crippen LogP contribution in [0.4, 0.5) is 0 Å². The minimum Gasteiger partial charge on any atom is -0.452 e. The molecule has 2 rings (SSSR count). The van der Waals surface area contributed by atoms with E-state index >= 15 is 0 Å². The zero-order valence-corrected chi connectivity index (χ0v) is 15.2. The third-order valence-electron chi connectivity index (χ3n) is 3.52. The molecular weight excluding hydrogens is 405 g/mol. The SMILES string of the molecule is Cc1ccccc1CN(C)C(=O)COC(=O)c1ccccc1I. The lowest BCUT2D eigenvalue weighted by Gasteiger charge is -2.18. The number of esters is 1. The quantitative estimate of drug-likeness (QED) is 0.547. The first-order valence-corrected chi connectivity index (χ1v) is 8.27. The Hall–Kier alpha value is -1.89. The fraction of sp³-hybridized carbons (Fsp3) is 0.222. The Labute approximate surface area is 149 Å². The summed E-state index contributed by atoms with van der Waals surface area (Å²) >= 11 is 2.07. The van der Waals surface area contributed by atoms with Crippen molar-refractivity contribution in [2.45, 2.75) is 13.5 Å². The average Bonchev–Trinajstić information content (AvgIpc) is 2.54. The van der Waals surface area contributed by atoms with Crippen molar-refractivity contribution in [3.63, 3.8) is 0 Å². The maximum Gasteiger partial charge on any atom is 0.339 e. The maximum absolute atomic E-state index is 12.1. The van der Waals surface area contributed by atoms with E-state index < -0.39 is 5.97 Å². The van der Waals surface area contributed by atoms with E-state index in [-0.39, 0.29) is 12.5 Å². The standard InChI is InChI=1S/C18H18INO3/c1-13-7-3-4-8-14(13)11-20(2)17(21)12-23-18(22)15-9-5-6-10-16(15)19/h3-10H,11-12H2,1-2H3. The van der Waals surface area contributed by atoms with E-state index in [0.29, 0.717) is 12.1 Å². The van der Waals surface area contributed by atoms with Crippen molar-refractivity contribution in [2.75, 3.05) is 13.7 Å². The molecular formula is C18H18INO3. The van der Waals surface area contributed by atoms with E-state index in [0.717, 1.165) is 14.7 Å². The normalized spacial score (nSPS) is 10.2. The van der Waals surface area contributed by atoms with Gasteiger partial charge in [-0.05, 0) is 52.8 Å². The van der Waals surface area contributed by atoms with Crippen molar-refractivity contribution in [3.05, 3.63) is 68.8 Å². The number of nitrogens with zero attached hydrogens (tertiary/aromatic N) is 1. The molecule has 5 heteroatoms. The molecule has 1 amide bonds. The molecule has 0 aliphatic rings. The first-order valence-electron chi connectivity index (χ1n) is 7.19. The topological polar surface area (TPSA) is 46.6 Å². The van der Waals surface area contributed by atoms with Crippen LogP contribution in [0.25, 0.3) is 0 Å². The number of carbonyl (C=O) groups excluding carboxylic acids is 2. The molecule has 0 atom stereocenters. The molecule has 0 saturated carbocycles. The molecule has 23 heavy (non-hydrogen) atoms. The van der Waals surface area contributed by atoms with Gasteiger partial charge in [0.25, 0.3) is 5.91 Å². The highest BCUT2D eigenvalue weighted by Gasteiger charge is 2.15. The van der Waals surface area contributed by atoms with Crippen molar-refractivity contribution in [1.82, 2.24) is 4.90 Å². The van der Waals surface area contributed by atoms with Crippen LogP contribution in [0.5, 0.6) is 0 Å². The van der Waals surface area contributed by atoms with Gasteiger partial charge in [-0.2, -0.15) is 0 Å². The Bertz CT molecular complexity index is 715. The van der Waals surface area contributed by atoms with Crippen molar-refractivity contribution >= 4 is 34.5 Å². The van der Waals surface area contributed by atoms with E-state index in [1.54, 1.807) is 24.1 Å². The van der Waals surface area contributed by atoms with Crippen LogP contribution < -0.4 is 0 Å². The van der Waals surface area contributed by atoms with Gasteiger partial charge in [-0.15, -0.1) is 0 Å². The van der Waals surface area contributed by atoms with Gasteiger partial charge in [-0.1, -0.05) is 36.4 Å². The fourth-order valence-electron chi connectivity index (χ4n) is 2.07. The number of benzene rings is 2. The summed E-state index contributed by atoms with van der Waals surface area (Å²) in [4.78, 5) is 25.7. The zero-order chi connectivity index (χ0) is 16.8. The molecule has 120 valence electrons. The lowest BCUT2D eigenvalue weighted by molar-refractivity contribution is -0.133. The Morgan fingerprint density at radius 3 is 2.43 bits per heavy atom. The molecule has 0 heterocycles. The van der Waals surface area contributed by atoms with E-state index in [4.69, 9.17) is 4.74 Å². The monoisotopic (exact) mass is 423 g/mol. The molecule has 0 N–H and O–H groups in total. The molecule has 0 bridgehead atoms. The number of ether oxygens (including phenoxy) is 1. The number of hydrogen-bond acceptors (Lipinski definition) is 3. The minimum absolute atomic E-state index is 0.229. The summed E-state index contributed by atoms with van der Waals surface area (Å²) in [5.41, 5.74) is 2.68. The van der Waals surface area contributed by atoms with Crippen LogP contribution >= 0.6 is 22.6 Å². The molecule has 0 fully saturated rings. The number of halogens is 1. The minimum atomic E-state index is -0.479. The molecule has 0 spiro atoms. The summed E-state index contributed by atoms with van der Waals surface area (Å²) in [5, 5.41) is 0. The Kier molecular flexibility index (Phi) is 6.15. The van der Waals surface area contributed by atoms with Crippen LogP contribution in [0.2, 0.25) is 0 Å². The van der Waals surface area contributed by atoms with Gasteiger partial charge < -0.3 is 9.64 Å². The van der Waals surface area contributed by atoms with E-state index in [1.807, 2.05) is 43.3 Å². The molecule has 0 radical (unpaired) electrons. The fourth-order valence-corrected chi connectivity index (χ4v) is 2.68. The van der Waals surface area contributed by atoms with Crippen molar-refractivity contribution < 1.29 is 14.3 Å². The van der Waals surface area contributed by atoms with Crippen LogP contribution in [0.1, 0.15) is 21.5 Å². The van der Waals surface area contributed by atoms with Crippen molar-refractivity contribution in [1.29, 1.82) is 0 Å². The van der Waals surface area contributed by atoms with Crippen LogP contribution in [-0.2, 0) is 16.1 Å². The summed E-state index contributed by atoms with van der Waals surface area (Å²) in [6, 6.07) is 15.0. The van der Waals surface area contributed by atoms with Gasteiger partial charge in [0, 0.05) is 17.2 Å². The molecule has 0 saturated heterocycles. The Balaban J connectivity index is 1.91. The largest absolute Gasteiger partial charge is 0.452 e. The molecule has 2 aromatic carbocycles. The Morgan fingerprint density at radius 1 is 1.09 bits per heavy atom. The average molecular weight is 423 g/mol. The lowest BCUT2D eigenvalue weighted by Crippen LogP contribution is -2.31. The van der Waals surface area contributed by atoms with Crippen LogP contribution in [0.3, 0.4) is 0 Å². The highest BCUT2D eigenvalue weighted by Crippen LogP contribution is 2.13. The van der Waals surface area contributed by atoms with Gasteiger partial charge in [0.15, 0.2) is 6.61 Å². The summed E-state index contributed by atoms with van der Waals surface area (Å²) in [6.45, 7) is 2.24. The third kappa shape index (κ3) is 4.79. The number of amides is 1. The number of hydrogen-bond donors (Lipinski definition) is 0. The van der Waals surface area contributed by atoms with E-state index in [2.05, 4.69) is 22.6 Å². The first kappa shape index (κ1) is 17.5. The molecule has 0 unspecified atom stereocenters. The second kappa shape index (κ2) is 8.10. The number of carbonyl (C=O) groups is 2. The van der Waals surface area contributed by atoms with E-state index in [1.165, 1.54) is 0 Å². The third-order valence-corrected chi connectivity index (χ3v) is 4.46. The molecule has 0 aromatic heterocycles. The van der Waals surface area contributed by atoms with Gasteiger partial charge in [0.2, 0.25) is 0 Å². The second-order valence-corrected chi connectivity index (χ2v) is 6.39. The molecule has 4 nitrogen and oxygen atoms in total.